The molecule has 6 nitrogen and oxygen atoms in total. The molecule has 1 amide bonds. The number of imidazole rings is 1. The van der Waals surface area contributed by atoms with Gasteiger partial charge in [-0.1, -0.05) is 0 Å². The van der Waals surface area contributed by atoms with Crippen LogP contribution in [0, 0.1) is 0 Å². The molecule has 0 unspecified atom stereocenters. The summed E-state index contributed by atoms with van der Waals surface area (Å²) in [6.45, 7) is 7.67. The highest BCUT2D eigenvalue weighted by Crippen LogP contribution is 2.04. The molecule has 1 saturated heterocycles. The number of amides is 1. The topological polar surface area (TPSA) is 53.4 Å². The number of likely N-dealkylation sites (N-methyl/N-ethyl adjacent to an activating group) is 1. The molecule has 1 aromatic rings. The second-order valence-electron chi connectivity index (χ2n) is 4.97. The molecule has 0 aliphatic carbocycles. The first-order valence-electron chi connectivity index (χ1n) is 6.86. The van der Waals surface area contributed by atoms with Crippen LogP contribution >= 0.6 is 0 Å². The fraction of sp³-hybridized carbons (Fsp3) is 0.692. The van der Waals surface area contributed by atoms with E-state index < -0.39 is 0 Å². The molecule has 0 spiro atoms. The van der Waals surface area contributed by atoms with E-state index in [1.807, 2.05) is 29.4 Å². The lowest BCUT2D eigenvalue weighted by Gasteiger charge is -2.29. The van der Waals surface area contributed by atoms with Gasteiger partial charge in [-0.25, -0.2) is 4.98 Å². The molecule has 106 valence electrons. The molecule has 0 bridgehead atoms. The zero-order valence-corrected chi connectivity index (χ0v) is 11.8. The Morgan fingerprint density at radius 3 is 2.89 bits per heavy atom. The highest BCUT2D eigenvalue weighted by Gasteiger charge is 2.18. The molecule has 1 N–H and O–H groups in total. The fourth-order valence-corrected chi connectivity index (χ4v) is 2.34. The van der Waals surface area contributed by atoms with E-state index in [9.17, 15) is 4.79 Å². The Morgan fingerprint density at radius 2 is 2.21 bits per heavy atom. The maximum Gasteiger partial charge on any atom is 0.236 e. The van der Waals surface area contributed by atoms with Crippen LogP contribution in [0.1, 0.15) is 12.6 Å². The van der Waals surface area contributed by atoms with Crippen LogP contribution in [0.2, 0.25) is 0 Å². The van der Waals surface area contributed by atoms with Gasteiger partial charge in [0.05, 0.1) is 18.6 Å². The molecular weight excluding hydrogens is 242 g/mol. The first kappa shape index (κ1) is 14.0. The number of carbonyl (C=O) groups is 1. The van der Waals surface area contributed by atoms with E-state index in [2.05, 4.69) is 21.8 Å². The second kappa shape index (κ2) is 6.68. The van der Waals surface area contributed by atoms with E-state index in [4.69, 9.17) is 0 Å². The Kier molecular flexibility index (Phi) is 4.93. The predicted octanol–water partition coefficient (Wildman–Crippen LogP) is -0.233. The Hall–Kier alpha value is -1.40. The van der Waals surface area contributed by atoms with Crippen LogP contribution < -0.4 is 5.32 Å². The van der Waals surface area contributed by atoms with Crippen molar-refractivity contribution in [1.82, 2.24) is 24.7 Å². The van der Waals surface area contributed by atoms with Crippen molar-refractivity contribution >= 4 is 5.91 Å². The first-order chi connectivity index (χ1) is 9.20. The average molecular weight is 265 g/mol. The van der Waals surface area contributed by atoms with Crippen LogP contribution in [0.4, 0.5) is 0 Å². The SMILES string of the molecule is CCn1cncc1CN(C)CC(=O)N1CCNCC1. The highest BCUT2D eigenvalue weighted by molar-refractivity contribution is 5.78. The summed E-state index contributed by atoms with van der Waals surface area (Å²) in [5.41, 5.74) is 1.15. The van der Waals surface area contributed by atoms with E-state index >= 15 is 0 Å². The van der Waals surface area contributed by atoms with Gasteiger partial charge in [0.15, 0.2) is 0 Å². The molecule has 19 heavy (non-hydrogen) atoms. The third-order valence-electron chi connectivity index (χ3n) is 3.45. The third-order valence-corrected chi connectivity index (χ3v) is 3.45. The molecular formula is C13H23N5O. The van der Waals surface area contributed by atoms with Gasteiger partial charge in [0.25, 0.3) is 0 Å². The van der Waals surface area contributed by atoms with Crippen LogP contribution in [0.25, 0.3) is 0 Å². The van der Waals surface area contributed by atoms with Gasteiger partial charge >= 0.3 is 0 Å². The molecule has 0 radical (unpaired) electrons. The smallest absolute Gasteiger partial charge is 0.236 e. The summed E-state index contributed by atoms with van der Waals surface area (Å²) in [5.74, 6) is 0.214. The molecule has 1 fully saturated rings. The van der Waals surface area contributed by atoms with Crippen LogP contribution in [0.3, 0.4) is 0 Å². The summed E-state index contributed by atoms with van der Waals surface area (Å²) in [6, 6.07) is 0. The average Bonchev–Trinajstić information content (AvgIpc) is 2.86. The van der Waals surface area contributed by atoms with Gasteiger partial charge in [-0.15, -0.1) is 0 Å². The van der Waals surface area contributed by atoms with Gasteiger partial charge in [-0.05, 0) is 14.0 Å². The van der Waals surface area contributed by atoms with Crippen molar-refractivity contribution in [2.24, 2.45) is 0 Å². The lowest BCUT2D eigenvalue weighted by atomic mass is 10.3. The molecule has 0 saturated carbocycles. The van der Waals surface area contributed by atoms with E-state index in [-0.39, 0.29) is 5.91 Å². The van der Waals surface area contributed by atoms with Gasteiger partial charge in [0.2, 0.25) is 5.91 Å². The number of hydrogen-bond acceptors (Lipinski definition) is 4. The summed E-state index contributed by atoms with van der Waals surface area (Å²) in [7, 11) is 1.98. The maximum absolute atomic E-state index is 12.1. The van der Waals surface area contributed by atoms with E-state index in [1.54, 1.807) is 0 Å². The largest absolute Gasteiger partial charge is 0.339 e. The van der Waals surface area contributed by atoms with Gasteiger partial charge in [-0.3, -0.25) is 9.69 Å². The van der Waals surface area contributed by atoms with Crippen molar-refractivity contribution in [3.8, 4) is 0 Å². The highest BCUT2D eigenvalue weighted by atomic mass is 16.2. The summed E-state index contributed by atoms with van der Waals surface area (Å²) >= 11 is 0. The van der Waals surface area contributed by atoms with Crippen molar-refractivity contribution in [3.63, 3.8) is 0 Å². The minimum absolute atomic E-state index is 0.214. The van der Waals surface area contributed by atoms with Gasteiger partial charge in [0, 0.05) is 45.5 Å². The molecule has 6 heteroatoms. The summed E-state index contributed by atoms with van der Waals surface area (Å²) < 4.78 is 2.10. The summed E-state index contributed by atoms with van der Waals surface area (Å²) in [6.07, 6.45) is 3.70. The maximum atomic E-state index is 12.1. The number of aryl methyl sites for hydroxylation is 1. The van der Waals surface area contributed by atoms with Crippen LogP contribution in [-0.4, -0.2) is 65.0 Å². The quantitative estimate of drug-likeness (QED) is 0.799. The number of rotatable bonds is 5. The Morgan fingerprint density at radius 1 is 1.47 bits per heavy atom. The van der Waals surface area contributed by atoms with E-state index in [0.29, 0.717) is 6.54 Å². The van der Waals surface area contributed by atoms with Gasteiger partial charge < -0.3 is 14.8 Å². The minimum Gasteiger partial charge on any atom is -0.339 e. The monoisotopic (exact) mass is 265 g/mol. The summed E-state index contributed by atoms with van der Waals surface area (Å²) in [5, 5.41) is 3.26. The van der Waals surface area contributed by atoms with Gasteiger partial charge in [0.1, 0.15) is 0 Å². The third kappa shape index (κ3) is 3.78. The lowest BCUT2D eigenvalue weighted by molar-refractivity contribution is -0.132. The second-order valence-corrected chi connectivity index (χ2v) is 4.97. The van der Waals surface area contributed by atoms with E-state index in [0.717, 1.165) is 45.0 Å². The molecule has 1 aromatic heterocycles. The number of aromatic nitrogens is 2. The molecule has 2 rings (SSSR count). The number of carbonyl (C=O) groups excluding carboxylic acids is 1. The van der Waals surface area contributed by atoms with Crippen LogP contribution in [0.5, 0.6) is 0 Å². The number of nitrogens with one attached hydrogen (secondary N) is 1. The minimum atomic E-state index is 0.214. The first-order valence-corrected chi connectivity index (χ1v) is 6.86. The zero-order valence-electron chi connectivity index (χ0n) is 11.8. The number of hydrogen-bond donors (Lipinski definition) is 1. The predicted molar refractivity (Wildman–Crippen MR) is 73.7 cm³/mol. The van der Waals surface area contributed by atoms with Crippen LogP contribution in [-0.2, 0) is 17.9 Å². The zero-order chi connectivity index (χ0) is 13.7. The standard InChI is InChI=1S/C13H23N5O/c1-3-17-11-15-8-12(17)9-16(2)10-13(19)18-6-4-14-5-7-18/h8,11,14H,3-7,9-10H2,1-2H3. The Labute approximate surface area is 114 Å². The van der Waals surface area contributed by atoms with Crippen molar-refractivity contribution < 1.29 is 4.79 Å². The summed E-state index contributed by atoms with van der Waals surface area (Å²) in [4.78, 5) is 20.3. The molecule has 0 aromatic carbocycles. The molecule has 1 aliphatic rings. The molecule has 1 aliphatic heterocycles. The number of piperazine rings is 1. The Balaban J connectivity index is 1.83. The fourth-order valence-electron chi connectivity index (χ4n) is 2.34. The Bertz CT molecular complexity index is 411. The van der Waals surface area contributed by atoms with Crippen molar-refractivity contribution in [1.29, 1.82) is 0 Å². The molecule has 2 heterocycles. The number of nitrogens with zero attached hydrogens (tertiary/aromatic N) is 4. The normalized spacial score (nSPS) is 16.1. The van der Waals surface area contributed by atoms with Gasteiger partial charge in [-0.2, -0.15) is 0 Å². The molecule has 0 atom stereocenters. The van der Waals surface area contributed by atoms with E-state index in [1.165, 1.54) is 0 Å². The van der Waals surface area contributed by atoms with Crippen molar-refractivity contribution in [2.75, 3.05) is 39.8 Å². The van der Waals surface area contributed by atoms with Crippen molar-refractivity contribution in [3.05, 3.63) is 18.2 Å². The van der Waals surface area contributed by atoms with Crippen molar-refractivity contribution in [2.45, 2.75) is 20.0 Å². The lowest BCUT2D eigenvalue weighted by Crippen LogP contribution is -2.49. The van der Waals surface area contributed by atoms with Crippen LogP contribution in [0.15, 0.2) is 12.5 Å².